The molecule has 0 bridgehead atoms. The lowest BCUT2D eigenvalue weighted by Crippen LogP contribution is -2.23. The summed E-state index contributed by atoms with van der Waals surface area (Å²) in [7, 11) is 7.95. The maximum atomic E-state index is 12.2. The Bertz CT molecular complexity index is 455. The molecule has 1 rings (SSSR count). The maximum absolute atomic E-state index is 12.2. The average molecular weight is 253 g/mol. The molecule has 5 heteroatoms. The van der Waals surface area contributed by atoms with Crippen molar-refractivity contribution in [2.24, 2.45) is 0 Å². The van der Waals surface area contributed by atoms with Crippen molar-refractivity contribution in [1.82, 2.24) is 4.90 Å². The Morgan fingerprint density at radius 3 is 2.00 bits per heavy atom. The van der Waals surface area contributed by atoms with Crippen molar-refractivity contribution < 1.29 is 19.0 Å². The number of carbonyl (C=O) groups excluding carboxylic acids is 1. The van der Waals surface area contributed by atoms with Gasteiger partial charge in [-0.1, -0.05) is 0 Å². The Hall–Kier alpha value is -1.91. The highest BCUT2D eigenvalue weighted by atomic mass is 16.5. The van der Waals surface area contributed by atoms with E-state index in [1.165, 1.54) is 19.1 Å². The monoisotopic (exact) mass is 253 g/mol. The lowest BCUT2D eigenvalue weighted by atomic mass is 10.0. The van der Waals surface area contributed by atoms with E-state index in [1.807, 2.05) is 6.92 Å². The van der Waals surface area contributed by atoms with Gasteiger partial charge in [0.15, 0.2) is 11.5 Å². The summed E-state index contributed by atoms with van der Waals surface area (Å²) in [6.45, 7) is 1.83. The summed E-state index contributed by atoms with van der Waals surface area (Å²) in [6.07, 6.45) is 0. The summed E-state index contributed by atoms with van der Waals surface area (Å²) in [4.78, 5) is 13.7. The SMILES string of the molecule is COc1cc(C)c(C(=O)N(C)C)c(OC)c1OC. The second kappa shape index (κ2) is 5.62. The molecule has 0 aliphatic heterocycles. The van der Waals surface area contributed by atoms with Crippen molar-refractivity contribution in [2.75, 3.05) is 35.4 Å². The summed E-state index contributed by atoms with van der Waals surface area (Å²) in [5, 5.41) is 0. The third kappa shape index (κ3) is 2.34. The van der Waals surface area contributed by atoms with Gasteiger partial charge in [0.1, 0.15) is 0 Å². The third-order valence-electron chi connectivity index (χ3n) is 2.65. The first-order chi connectivity index (χ1) is 8.47. The van der Waals surface area contributed by atoms with Gasteiger partial charge in [0.25, 0.3) is 5.91 Å². The largest absolute Gasteiger partial charge is 0.493 e. The molecule has 0 unspecified atom stereocenters. The molecule has 0 atom stereocenters. The fourth-order valence-electron chi connectivity index (χ4n) is 1.77. The van der Waals surface area contributed by atoms with Crippen LogP contribution in [0.5, 0.6) is 17.2 Å². The summed E-state index contributed by atoms with van der Waals surface area (Å²) in [5.41, 5.74) is 1.27. The molecule has 18 heavy (non-hydrogen) atoms. The molecular weight excluding hydrogens is 234 g/mol. The molecule has 0 aliphatic rings. The molecular formula is C13H19NO4. The summed E-state index contributed by atoms with van der Waals surface area (Å²) in [5.74, 6) is 1.23. The zero-order valence-corrected chi connectivity index (χ0v) is 11.7. The fourth-order valence-corrected chi connectivity index (χ4v) is 1.77. The van der Waals surface area contributed by atoms with Gasteiger partial charge in [0.2, 0.25) is 5.75 Å². The normalized spacial score (nSPS) is 9.89. The highest BCUT2D eigenvalue weighted by Gasteiger charge is 2.24. The average Bonchev–Trinajstić information content (AvgIpc) is 2.36. The Morgan fingerprint density at radius 1 is 1.06 bits per heavy atom. The number of hydrogen-bond acceptors (Lipinski definition) is 4. The Morgan fingerprint density at radius 2 is 1.61 bits per heavy atom. The molecule has 0 aliphatic carbocycles. The molecule has 0 aromatic heterocycles. The summed E-state index contributed by atoms with van der Waals surface area (Å²) >= 11 is 0. The first-order valence-electron chi connectivity index (χ1n) is 5.49. The van der Waals surface area contributed by atoms with Crippen molar-refractivity contribution >= 4 is 5.91 Å². The van der Waals surface area contributed by atoms with Crippen molar-refractivity contribution in [2.45, 2.75) is 6.92 Å². The molecule has 0 fully saturated rings. The standard InChI is InChI=1S/C13H19NO4/c1-8-7-9(16-4)11(17-5)12(18-6)10(8)13(15)14(2)3/h7H,1-6H3. The van der Waals surface area contributed by atoms with Crippen LogP contribution in [-0.4, -0.2) is 46.2 Å². The Kier molecular flexibility index (Phi) is 4.42. The Balaban J connectivity index is 3.56. The molecule has 0 saturated heterocycles. The number of hydrogen-bond donors (Lipinski definition) is 0. The molecule has 0 saturated carbocycles. The van der Waals surface area contributed by atoms with E-state index in [4.69, 9.17) is 14.2 Å². The van der Waals surface area contributed by atoms with Gasteiger partial charge in [-0.15, -0.1) is 0 Å². The fraction of sp³-hybridized carbons (Fsp3) is 0.462. The molecule has 100 valence electrons. The van der Waals surface area contributed by atoms with E-state index in [9.17, 15) is 4.79 Å². The second-order valence-electron chi connectivity index (χ2n) is 4.04. The van der Waals surface area contributed by atoms with Gasteiger partial charge in [-0.3, -0.25) is 4.79 Å². The van der Waals surface area contributed by atoms with Crippen molar-refractivity contribution in [3.63, 3.8) is 0 Å². The number of ether oxygens (including phenoxy) is 3. The summed E-state index contributed by atoms with van der Waals surface area (Å²) < 4.78 is 15.8. The number of methoxy groups -OCH3 is 3. The first kappa shape index (κ1) is 14.2. The zero-order valence-electron chi connectivity index (χ0n) is 11.7. The second-order valence-corrected chi connectivity index (χ2v) is 4.04. The van der Waals surface area contributed by atoms with Crippen LogP contribution in [0.4, 0.5) is 0 Å². The van der Waals surface area contributed by atoms with Crippen LogP contribution in [0.3, 0.4) is 0 Å². The summed E-state index contributed by atoms with van der Waals surface area (Å²) in [6, 6.07) is 1.76. The molecule has 0 N–H and O–H groups in total. The number of aryl methyl sites for hydroxylation is 1. The minimum atomic E-state index is -0.134. The van der Waals surface area contributed by atoms with E-state index in [1.54, 1.807) is 27.3 Å². The van der Waals surface area contributed by atoms with E-state index >= 15 is 0 Å². The molecule has 1 aromatic rings. The van der Waals surface area contributed by atoms with Crippen LogP contribution in [0.15, 0.2) is 6.07 Å². The minimum absolute atomic E-state index is 0.134. The molecule has 0 heterocycles. The molecule has 1 amide bonds. The number of benzene rings is 1. The van der Waals surface area contributed by atoms with E-state index in [2.05, 4.69) is 0 Å². The quantitative estimate of drug-likeness (QED) is 0.819. The van der Waals surface area contributed by atoms with Gasteiger partial charge in [-0.05, 0) is 18.6 Å². The zero-order chi connectivity index (χ0) is 13.9. The molecule has 5 nitrogen and oxygen atoms in total. The Labute approximate surface area is 107 Å². The van der Waals surface area contributed by atoms with Gasteiger partial charge in [0, 0.05) is 14.1 Å². The number of carbonyl (C=O) groups is 1. The van der Waals surface area contributed by atoms with Gasteiger partial charge in [0.05, 0.1) is 26.9 Å². The van der Waals surface area contributed by atoms with Crippen molar-refractivity contribution in [1.29, 1.82) is 0 Å². The van der Waals surface area contributed by atoms with Crippen LogP contribution in [0.25, 0.3) is 0 Å². The smallest absolute Gasteiger partial charge is 0.257 e. The lowest BCUT2D eigenvalue weighted by molar-refractivity contribution is 0.0822. The minimum Gasteiger partial charge on any atom is -0.493 e. The van der Waals surface area contributed by atoms with E-state index < -0.39 is 0 Å². The van der Waals surface area contributed by atoms with Gasteiger partial charge in [-0.2, -0.15) is 0 Å². The predicted octanol–water partition coefficient (Wildman–Crippen LogP) is 1.72. The molecule has 0 spiro atoms. The maximum Gasteiger partial charge on any atom is 0.257 e. The highest BCUT2D eigenvalue weighted by Crippen LogP contribution is 2.42. The van der Waals surface area contributed by atoms with Gasteiger partial charge >= 0.3 is 0 Å². The van der Waals surface area contributed by atoms with Crippen LogP contribution >= 0.6 is 0 Å². The third-order valence-corrected chi connectivity index (χ3v) is 2.65. The highest BCUT2D eigenvalue weighted by molar-refractivity contribution is 5.99. The van der Waals surface area contributed by atoms with E-state index in [-0.39, 0.29) is 5.91 Å². The van der Waals surface area contributed by atoms with Crippen molar-refractivity contribution in [3.8, 4) is 17.2 Å². The van der Waals surface area contributed by atoms with Crippen LogP contribution in [-0.2, 0) is 0 Å². The van der Waals surface area contributed by atoms with Crippen LogP contribution in [0.2, 0.25) is 0 Å². The molecule has 1 aromatic carbocycles. The van der Waals surface area contributed by atoms with E-state index in [0.717, 1.165) is 5.56 Å². The van der Waals surface area contributed by atoms with Gasteiger partial charge < -0.3 is 19.1 Å². The number of nitrogens with zero attached hydrogens (tertiary/aromatic N) is 1. The van der Waals surface area contributed by atoms with Gasteiger partial charge in [-0.25, -0.2) is 0 Å². The van der Waals surface area contributed by atoms with Crippen LogP contribution in [0.1, 0.15) is 15.9 Å². The number of amides is 1. The number of rotatable bonds is 4. The lowest BCUT2D eigenvalue weighted by Gasteiger charge is -2.19. The van der Waals surface area contributed by atoms with Crippen molar-refractivity contribution in [3.05, 3.63) is 17.2 Å². The first-order valence-corrected chi connectivity index (χ1v) is 5.49. The molecule has 0 radical (unpaired) electrons. The topological polar surface area (TPSA) is 48.0 Å². The van der Waals surface area contributed by atoms with E-state index in [0.29, 0.717) is 22.8 Å². The van der Waals surface area contributed by atoms with Crippen LogP contribution in [0, 0.1) is 6.92 Å². The predicted molar refractivity (Wildman–Crippen MR) is 68.9 cm³/mol. The van der Waals surface area contributed by atoms with Crippen LogP contribution < -0.4 is 14.2 Å².